The summed E-state index contributed by atoms with van der Waals surface area (Å²) in [6.07, 6.45) is 6.03. The number of allylic oxidation sites excluding steroid dienone is 1. The third-order valence-electron chi connectivity index (χ3n) is 5.23. The molecule has 1 fully saturated rings. The normalized spacial score (nSPS) is 18.2. The zero-order chi connectivity index (χ0) is 19.4. The molecule has 3 aromatic rings. The minimum absolute atomic E-state index is 0.0570. The van der Waals surface area contributed by atoms with Crippen LogP contribution in [0.2, 0.25) is 0 Å². The van der Waals surface area contributed by atoms with E-state index in [4.69, 9.17) is 4.42 Å². The third-order valence-corrected chi connectivity index (χ3v) is 5.23. The zero-order valence-electron chi connectivity index (χ0n) is 15.7. The summed E-state index contributed by atoms with van der Waals surface area (Å²) in [6.45, 7) is 1.84. The topological polar surface area (TPSA) is 54.6 Å². The summed E-state index contributed by atoms with van der Waals surface area (Å²) in [4.78, 5) is 12.8. The maximum atomic E-state index is 12.8. The molecule has 1 amide bonds. The molecule has 0 saturated heterocycles. The molecule has 1 N–H and O–H groups in total. The Hall–Kier alpha value is -3.40. The second-order valence-corrected chi connectivity index (χ2v) is 7.04. The van der Waals surface area contributed by atoms with Crippen LogP contribution in [0.3, 0.4) is 0 Å². The van der Waals surface area contributed by atoms with E-state index in [9.17, 15) is 4.79 Å². The predicted octanol–water partition coefficient (Wildman–Crippen LogP) is 4.79. The van der Waals surface area contributed by atoms with E-state index in [1.54, 1.807) is 6.26 Å². The highest BCUT2D eigenvalue weighted by molar-refractivity contribution is 5.97. The maximum Gasteiger partial charge on any atom is 0.244 e. The van der Waals surface area contributed by atoms with Gasteiger partial charge in [0.1, 0.15) is 5.76 Å². The lowest BCUT2D eigenvalue weighted by atomic mass is 9.85. The van der Waals surface area contributed by atoms with Crippen molar-refractivity contribution in [3.8, 4) is 0 Å². The Kier molecular flexibility index (Phi) is 4.94. The van der Waals surface area contributed by atoms with Gasteiger partial charge in [-0.3, -0.25) is 4.79 Å². The summed E-state index contributed by atoms with van der Waals surface area (Å²) in [5, 5.41) is 4.23. The quantitative estimate of drug-likeness (QED) is 0.501. The number of rotatable bonds is 6. The lowest BCUT2D eigenvalue weighted by Crippen LogP contribution is -2.26. The summed E-state index contributed by atoms with van der Waals surface area (Å²) in [7, 11) is 0. The molecular weight excluding hydrogens is 348 g/mol. The molecule has 140 valence electrons. The fourth-order valence-electron chi connectivity index (χ4n) is 3.70. The van der Waals surface area contributed by atoms with Gasteiger partial charge in [-0.25, -0.2) is 5.43 Å². The van der Waals surface area contributed by atoms with Crippen LogP contribution in [0.4, 0.5) is 0 Å². The molecule has 2 aromatic carbocycles. The lowest BCUT2D eigenvalue weighted by molar-refractivity contribution is -0.122. The Bertz CT molecular complexity index is 950. The lowest BCUT2D eigenvalue weighted by Gasteiger charge is -2.18. The Labute approximate surface area is 164 Å². The number of carbonyl (C=O) groups excluding carboxylic acids is 1. The smallest absolute Gasteiger partial charge is 0.244 e. The van der Waals surface area contributed by atoms with Gasteiger partial charge in [-0.1, -0.05) is 60.7 Å². The number of amides is 1. The van der Waals surface area contributed by atoms with Crippen LogP contribution in [-0.4, -0.2) is 11.6 Å². The van der Waals surface area contributed by atoms with E-state index in [-0.39, 0.29) is 17.2 Å². The molecule has 1 atom stereocenters. The molecule has 1 heterocycles. The van der Waals surface area contributed by atoms with Crippen LogP contribution >= 0.6 is 0 Å². The van der Waals surface area contributed by atoms with E-state index < -0.39 is 0 Å². The first-order valence-corrected chi connectivity index (χ1v) is 9.37. The Morgan fingerprint density at radius 2 is 1.68 bits per heavy atom. The largest absolute Gasteiger partial charge is 0.465 e. The highest BCUT2D eigenvalue weighted by Crippen LogP contribution is 2.58. The van der Waals surface area contributed by atoms with Crippen LogP contribution in [-0.2, 0) is 10.2 Å². The van der Waals surface area contributed by atoms with Gasteiger partial charge in [-0.05, 0) is 48.8 Å². The van der Waals surface area contributed by atoms with Gasteiger partial charge in [-0.2, -0.15) is 5.10 Å². The molecule has 1 aromatic heterocycles. The molecule has 1 saturated carbocycles. The molecule has 1 aliphatic carbocycles. The molecule has 1 aliphatic rings. The minimum Gasteiger partial charge on any atom is -0.465 e. The van der Waals surface area contributed by atoms with Crippen LogP contribution in [0.25, 0.3) is 6.08 Å². The van der Waals surface area contributed by atoms with Crippen molar-refractivity contribution in [1.82, 2.24) is 5.43 Å². The maximum absolute atomic E-state index is 12.8. The van der Waals surface area contributed by atoms with Gasteiger partial charge in [0.15, 0.2) is 0 Å². The average molecular weight is 370 g/mol. The fraction of sp³-hybridized carbons (Fsp3) is 0.167. The number of furan rings is 1. The van der Waals surface area contributed by atoms with Gasteiger partial charge >= 0.3 is 0 Å². The molecule has 28 heavy (non-hydrogen) atoms. The molecule has 0 radical (unpaired) electrons. The SMILES string of the molecule is CC(C=Cc1ccco1)=NNC(=O)C1CC1(c1ccccc1)c1ccccc1. The van der Waals surface area contributed by atoms with E-state index >= 15 is 0 Å². The molecule has 0 spiro atoms. The number of nitrogens with one attached hydrogen (secondary N) is 1. The van der Waals surface area contributed by atoms with Crippen molar-refractivity contribution in [2.75, 3.05) is 0 Å². The van der Waals surface area contributed by atoms with E-state index in [0.29, 0.717) is 5.71 Å². The minimum atomic E-state index is -0.278. The van der Waals surface area contributed by atoms with E-state index in [1.165, 1.54) is 11.1 Å². The van der Waals surface area contributed by atoms with Crippen molar-refractivity contribution in [2.24, 2.45) is 11.0 Å². The first-order chi connectivity index (χ1) is 13.7. The number of benzene rings is 2. The van der Waals surface area contributed by atoms with Crippen molar-refractivity contribution in [3.05, 3.63) is 102 Å². The molecular formula is C24H22N2O2. The summed E-state index contributed by atoms with van der Waals surface area (Å²) in [6, 6.07) is 24.2. The third kappa shape index (κ3) is 3.54. The van der Waals surface area contributed by atoms with E-state index in [2.05, 4.69) is 34.8 Å². The number of hydrogen-bond donors (Lipinski definition) is 1. The van der Waals surface area contributed by atoms with Gasteiger partial charge in [0.05, 0.1) is 17.9 Å². The van der Waals surface area contributed by atoms with Crippen molar-refractivity contribution in [2.45, 2.75) is 18.8 Å². The molecule has 0 aliphatic heterocycles. The number of hydrazone groups is 1. The number of hydrogen-bond acceptors (Lipinski definition) is 3. The molecule has 4 rings (SSSR count). The standard InChI is InChI=1S/C24H22N2O2/c1-18(14-15-21-13-8-16-28-21)25-26-23(27)22-17-24(22,19-9-4-2-5-10-19)20-11-6-3-7-12-20/h2-16,22H,17H2,1H3,(H,26,27). The summed E-state index contributed by atoms with van der Waals surface area (Å²) >= 11 is 0. The van der Waals surface area contributed by atoms with Crippen molar-refractivity contribution in [1.29, 1.82) is 0 Å². The van der Waals surface area contributed by atoms with E-state index in [1.807, 2.05) is 67.6 Å². The fourth-order valence-corrected chi connectivity index (χ4v) is 3.70. The van der Waals surface area contributed by atoms with Crippen molar-refractivity contribution < 1.29 is 9.21 Å². The molecule has 4 heteroatoms. The van der Waals surface area contributed by atoms with Crippen LogP contribution in [0.5, 0.6) is 0 Å². The first kappa shape index (κ1) is 18.0. The second kappa shape index (κ2) is 7.69. The van der Waals surface area contributed by atoms with Crippen LogP contribution < -0.4 is 5.43 Å². The van der Waals surface area contributed by atoms with Gasteiger partial charge in [0.25, 0.3) is 0 Å². The molecule has 1 unspecified atom stereocenters. The van der Waals surface area contributed by atoms with Crippen LogP contribution in [0.1, 0.15) is 30.2 Å². The number of nitrogens with zero attached hydrogens (tertiary/aromatic N) is 1. The van der Waals surface area contributed by atoms with Gasteiger partial charge < -0.3 is 4.42 Å². The van der Waals surface area contributed by atoms with Gasteiger partial charge in [0.2, 0.25) is 5.91 Å². The van der Waals surface area contributed by atoms with Crippen LogP contribution in [0, 0.1) is 5.92 Å². The van der Waals surface area contributed by atoms with E-state index in [0.717, 1.165) is 12.2 Å². The highest BCUT2D eigenvalue weighted by Gasteiger charge is 2.60. The number of carbonyl (C=O) groups is 1. The Morgan fingerprint density at radius 1 is 1.04 bits per heavy atom. The van der Waals surface area contributed by atoms with Crippen molar-refractivity contribution in [3.63, 3.8) is 0 Å². The molecule has 4 nitrogen and oxygen atoms in total. The highest BCUT2D eigenvalue weighted by atomic mass is 16.3. The zero-order valence-corrected chi connectivity index (χ0v) is 15.7. The van der Waals surface area contributed by atoms with Crippen LogP contribution in [0.15, 0.2) is 94.7 Å². The van der Waals surface area contributed by atoms with Gasteiger partial charge in [0, 0.05) is 5.41 Å². The van der Waals surface area contributed by atoms with Crippen molar-refractivity contribution >= 4 is 17.7 Å². The molecule has 0 bridgehead atoms. The summed E-state index contributed by atoms with van der Waals surface area (Å²) < 4.78 is 5.25. The Morgan fingerprint density at radius 3 is 2.25 bits per heavy atom. The summed E-state index contributed by atoms with van der Waals surface area (Å²) in [5.74, 6) is 0.552. The first-order valence-electron chi connectivity index (χ1n) is 9.37. The monoisotopic (exact) mass is 370 g/mol. The predicted molar refractivity (Wildman–Crippen MR) is 111 cm³/mol. The van der Waals surface area contributed by atoms with Gasteiger partial charge in [-0.15, -0.1) is 0 Å². The average Bonchev–Trinajstić information content (AvgIpc) is 3.30. The Balaban J connectivity index is 1.51. The second-order valence-electron chi connectivity index (χ2n) is 7.04. The summed E-state index contributed by atoms with van der Waals surface area (Å²) in [5.41, 5.74) is 5.50.